The Labute approximate surface area is 193 Å². The van der Waals surface area contributed by atoms with E-state index in [0.29, 0.717) is 29.7 Å². The zero-order valence-electron chi connectivity index (χ0n) is 20.8. The predicted molar refractivity (Wildman–Crippen MR) is 125 cm³/mol. The maximum atomic E-state index is 12.8. The molecular weight excluding hydrogens is 400 g/mol. The summed E-state index contributed by atoms with van der Waals surface area (Å²) in [6, 6.07) is 0. The second-order valence-corrected chi connectivity index (χ2v) is 13.5. The number of aliphatic hydroxyl groups excluding tert-OH is 2. The van der Waals surface area contributed by atoms with Gasteiger partial charge in [-0.05, 0) is 116 Å². The van der Waals surface area contributed by atoms with E-state index in [1.165, 1.54) is 38.5 Å². The summed E-state index contributed by atoms with van der Waals surface area (Å²) in [6.07, 6.45) is 9.87. The molecule has 0 amide bonds. The minimum atomic E-state index is -1.03. The van der Waals surface area contributed by atoms with Gasteiger partial charge in [0.15, 0.2) is 0 Å². The third-order valence-electron chi connectivity index (χ3n) is 12.3. The summed E-state index contributed by atoms with van der Waals surface area (Å²) < 4.78 is 0. The zero-order chi connectivity index (χ0) is 23.3. The highest BCUT2D eigenvalue weighted by molar-refractivity contribution is 5.80. The molecule has 4 saturated carbocycles. The van der Waals surface area contributed by atoms with Crippen LogP contribution in [0.1, 0.15) is 98.8 Å². The summed E-state index contributed by atoms with van der Waals surface area (Å²) in [5, 5.41) is 31.8. The Morgan fingerprint density at radius 2 is 1.59 bits per heavy atom. The lowest BCUT2D eigenvalue weighted by Crippen LogP contribution is -2.65. The molecule has 0 aliphatic heterocycles. The molecule has 0 aromatic heterocycles. The van der Waals surface area contributed by atoms with Crippen LogP contribution in [0.2, 0.25) is 0 Å². The third-order valence-corrected chi connectivity index (χ3v) is 12.3. The summed E-state index contributed by atoms with van der Waals surface area (Å²) in [7, 11) is 0. The van der Waals surface area contributed by atoms with Crippen LogP contribution >= 0.6 is 0 Å². The maximum Gasteiger partial charge on any atom is 0.314 e. The largest absolute Gasteiger partial charge is 0.510 e. The van der Waals surface area contributed by atoms with E-state index < -0.39 is 17.5 Å². The van der Waals surface area contributed by atoms with Crippen LogP contribution in [0, 0.1) is 51.2 Å². The molecule has 5 aliphatic carbocycles. The van der Waals surface area contributed by atoms with Crippen LogP contribution in [0.15, 0.2) is 11.3 Å². The van der Waals surface area contributed by atoms with Crippen LogP contribution in [0.25, 0.3) is 0 Å². The molecule has 4 fully saturated rings. The Balaban J connectivity index is 1.56. The molecule has 4 nitrogen and oxygen atoms in total. The van der Waals surface area contributed by atoms with E-state index in [9.17, 15) is 20.1 Å². The van der Waals surface area contributed by atoms with Gasteiger partial charge < -0.3 is 15.3 Å². The van der Waals surface area contributed by atoms with Crippen molar-refractivity contribution in [2.45, 2.75) is 105 Å². The number of aliphatic carboxylic acids is 1. The van der Waals surface area contributed by atoms with Gasteiger partial charge in [0, 0.05) is 0 Å². The normalized spacial score (nSPS) is 55.3. The molecule has 0 bridgehead atoms. The van der Waals surface area contributed by atoms with Crippen molar-refractivity contribution in [3.05, 3.63) is 11.3 Å². The first kappa shape index (κ1) is 22.7. The van der Waals surface area contributed by atoms with Crippen LogP contribution in [-0.2, 0) is 4.79 Å². The molecule has 4 heteroatoms. The van der Waals surface area contributed by atoms with Crippen molar-refractivity contribution in [3.8, 4) is 0 Å². The number of fused-ring (bicyclic) bond motifs is 7. The number of carbonyl (C=O) groups is 1. The van der Waals surface area contributed by atoms with Crippen molar-refractivity contribution in [2.24, 2.45) is 51.2 Å². The summed E-state index contributed by atoms with van der Waals surface area (Å²) in [4.78, 5) is 12.8. The number of aliphatic hydroxyl groups is 2. The minimum absolute atomic E-state index is 0.0878. The molecule has 180 valence electrons. The van der Waals surface area contributed by atoms with E-state index >= 15 is 0 Å². The van der Waals surface area contributed by atoms with Crippen LogP contribution < -0.4 is 0 Å². The number of carboxylic acids is 1. The Morgan fingerprint density at radius 1 is 0.875 bits per heavy atom. The van der Waals surface area contributed by atoms with E-state index in [2.05, 4.69) is 27.7 Å². The van der Waals surface area contributed by atoms with Gasteiger partial charge in [-0.3, -0.25) is 4.79 Å². The highest BCUT2D eigenvalue weighted by Crippen LogP contribution is 2.74. The van der Waals surface area contributed by atoms with Gasteiger partial charge in [-0.25, -0.2) is 0 Å². The van der Waals surface area contributed by atoms with Crippen molar-refractivity contribution >= 4 is 5.97 Å². The van der Waals surface area contributed by atoms with Crippen molar-refractivity contribution in [2.75, 3.05) is 0 Å². The average molecular weight is 445 g/mol. The first-order valence-corrected chi connectivity index (χ1v) is 13.2. The highest BCUT2D eigenvalue weighted by atomic mass is 16.4. The van der Waals surface area contributed by atoms with Crippen molar-refractivity contribution in [3.63, 3.8) is 0 Å². The van der Waals surface area contributed by atoms with E-state index in [0.717, 1.165) is 30.6 Å². The summed E-state index contributed by atoms with van der Waals surface area (Å²) in [5.74, 6) is 1.83. The molecule has 5 aliphatic rings. The average Bonchev–Trinajstić information content (AvgIpc) is 2.73. The summed E-state index contributed by atoms with van der Waals surface area (Å²) in [5.41, 5.74) is 0.105. The van der Waals surface area contributed by atoms with E-state index in [1.54, 1.807) is 6.92 Å². The van der Waals surface area contributed by atoms with Crippen molar-refractivity contribution < 1.29 is 20.1 Å². The predicted octanol–water partition coefficient (Wildman–Crippen LogP) is 6.34. The van der Waals surface area contributed by atoms with Crippen LogP contribution in [0.5, 0.6) is 0 Å². The molecule has 10 unspecified atom stereocenters. The van der Waals surface area contributed by atoms with Crippen molar-refractivity contribution in [1.82, 2.24) is 0 Å². The molecule has 0 saturated heterocycles. The summed E-state index contributed by atoms with van der Waals surface area (Å²) in [6.45, 7) is 11.6. The number of hydrogen-bond donors (Lipinski definition) is 3. The molecule has 5 rings (SSSR count). The highest BCUT2D eigenvalue weighted by Gasteiger charge is 2.69. The van der Waals surface area contributed by atoms with Gasteiger partial charge in [-0.15, -0.1) is 0 Å². The smallest absolute Gasteiger partial charge is 0.314 e. The Hall–Kier alpha value is -1.03. The van der Waals surface area contributed by atoms with Gasteiger partial charge in [0.1, 0.15) is 11.9 Å². The molecule has 0 aromatic carbocycles. The van der Waals surface area contributed by atoms with E-state index in [-0.39, 0.29) is 22.5 Å². The van der Waals surface area contributed by atoms with Gasteiger partial charge in [0.25, 0.3) is 0 Å². The van der Waals surface area contributed by atoms with Gasteiger partial charge in [-0.1, -0.05) is 34.1 Å². The Kier molecular flexibility index (Phi) is 4.97. The van der Waals surface area contributed by atoms with Crippen LogP contribution in [0.4, 0.5) is 0 Å². The molecule has 3 N–H and O–H groups in total. The second kappa shape index (κ2) is 6.99. The molecule has 0 radical (unpaired) electrons. The Bertz CT molecular complexity index is 848. The van der Waals surface area contributed by atoms with Crippen LogP contribution in [-0.4, -0.2) is 27.4 Å². The molecular formula is C28H44O4. The molecule has 0 aromatic rings. The van der Waals surface area contributed by atoms with Crippen LogP contribution in [0.3, 0.4) is 0 Å². The standard InChI is InChI=1S/C28H44O4/c1-16-6-9-25(3)12-13-26(4)18(19(25)14-16)7-10-27(5)21(26)8-11-28(24(31)32)17(2)23(30)20(29)15-22(27)28/h16,18-22,29-30H,6-15H2,1-5H3,(H,31,32). The lowest BCUT2D eigenvalue weighted by Gasteiger charge is -2.70. The fraction of sp³-hybridized carbons (Fsp3) is 0.893. The van der Waals surface area contributed by atoms with Gasteiger partial charge in [0.05, 0.1) is 5.41 Å². The Morgan fingerprint density at radius 3 is 2.28 bits per heavy atom. The fourth-order valence-corrected chi connectivity index (χ4v) is 10.4. The zero-order valence-corrected chi connectivity index (χ0v) is 20.8. The first-order valence-electron chi connectivity index (χ1n) is 13.2. The SMILES string of the molecule is CC1=C(O)C(O)CC2C1(C(=O)O)CCC1C3(C)CCC4(C)CCC(C)CC4C3CCC21C. The maximum absolute atomic E-state index is 12.8. The lowest BCUT2D eigenvalue weighted by atomic mass is 9.34. The fourth-order valence-electron chi connectivity index (χ4n) is 10.4. The summed E-state index contributed by atoms with van der Waals surface area (Å²) >= 11 is 0. The second-order valence-electron chi connectivity index (χ2n) is 13.5. The minimum Gasteiger partial charge on any atom is -0.510 e. The quantitative estimate of drug-likeness (QED) is 0.441. The topological polar surface area (TPSA) is 77.8 Å². The number of rotatable bonds is 1. The lowest BCUT2D eigenvalue weighted by molar-refractivity contribution is -0.214. The monoisotopic (exact) mass is 444 g/mol. The van der Waals surface area contributed by atoms with E-state index in [4.69, 9.17) is 0 Å². The molecule has 0 heterocycles. The van der Waals surface area contributed by atoms with Gasteiger partial charge >= 0.3 is 5.97 Å². The van der Waals surface area contributed by atoms with Gasteiger partial charge in [-0.2, -0.15) is 0 Å². The first-order chi connectivity index (χ1) is 14.9. The van der Waals surface area contributed by atoms with E-state index in [1.807, 2.05) is 0 Å². The van der Waals surface area contributed by atoms with Crippen molar-refractivity contribution in [1.29, 1.82) is 0 Å². The number of hydrogen-bond acceptors (Lipinski definition) is 3. The third kappa shape index (κ3) is 2.68. The molecule has 0 spiro atoms. The molecule has 32 heavy (non-hydrogen) atoms. The number of carboxylic acid groups (broad SMARTS) is 1. The molecule has 10 atom stereocenters. The van der Waals surface area contributed by atoms with Gasteiger partial charge in [0.2, 0.25) is 0 Å².